The van der Waals surface area contributed by atoms with E-state index in [9.17, 15) is 0 Å². The second-order valence-electron chi connectivity index (χ2n) is 7.60. The number of hydrogen-bond donors (Lipinski definition) is 0. The minimum Gasteiger partial charge on any atom is -0.496 e. The van der Waals surface area contributed by atoms with E-state index in [1.165, 1.54) is 0 Å². The van der Waals surface area contributed by atoms with Crippen LogP contribution in [0.1, 0.15) is 16.8 Å². The summed E-state index contributed by atoms with van der Waals surface area (Å²) in [4.78, 5) is 9.06. The first kappa shape index (κ1) is 22.0. The van der Waals surface area contributed by atoms with Crippen LogP contribution in [0.25, 0.3) is 11.3 Å². The fourth-order valence-corrected chi connectivity index (χ4v) is 3.56. The molecule has 1 aliphatic heterocycles. The van der Waals surface area contributed by atoms with Crippen molar-refractivity contribution in [2.24, 2.45) is 0 Å². The molecule has 7 heteroatoms. The number of rotatable bonds is 8. The fourth-order valence-electron chi connectivity index (χ4n) is 3.56. The van der Waals surface area contributed by atoms with E-state index >= 15 is 0 Å². The number of aromatic nitrogens is 2. The van der Waals surface area contributed by atoms with E-state index < -0.39 is 0 Å². The number of pyridine rings is 2. The predicted octanol–water partition coefficient (Wildman–Crippen LogP) is 4.14. The molecule has 1 aromatic carbocycles. The summed E-state index contributed by atoms with van der Waals surface area (Å²) < 4.78 is 28.5. The highest BCUT2D eigenvalue weighted by molar-refractivity contribution is 5.70. The molecule has 4 rings (SSSR count). The highest BCUT2D eigenvalue weighted by Crippen LogP contribution is 2.34. The van der Waals surface area contributed by atoms with Gasteiger partial charge in [-0.15, -0.1) is 0 Å². The van der Waals surface area contributed by atoms with Crippen molar-refractivity contribution in [2.45, 2.75) is 26.6 Å². The SMILES string of the molecule is COc1cc(OC[C@H]2COCCO2)nc(-c2ccc(OCc3ccccn3)cc2C)c1C. The van der Waals surface area contributed by atoms with Crippen LogP contribution >= 0.6 is 0 Å². The van der Waals surface area contributed by atoms with Gasteiger partial charge in [-0.1, -0.05) is 6.07 Å². The van der Waals surface area contributed by atoms with Crippen molar-refractivity contribution in [3.8, 4) is 28.6 Å². The second-order valence-corrected chi connectivity index (χ2v) is 7.60. The molecule has 0 N–H and O–H groups in total. The van der Waals surface area contributed by atoms with Gasteiger partial charge in [-0.25, -0.2) is 4.98 Å². The summed E-state index contributed by atoms with van der Waals surface area (Å²) in [5.41, 5.74) is 4.68. The molecule has 0 saturated carbocycles. The normalized spacial score (nSPS) is 15.9. The third kappa shape index (κ3) is 5.36. The molecule has 0 aliphatic carbocycles. The zero-order chi connectivity index (χ0) is 22.3. The lowest BCUT2D eigenvalue weighted by Crippen LogP contribution is -2.33. The highest BCUT2D eigenvalue weighted by atomic mass is 16.6. The van der Waals surface area contributed by atoms with Crippen LogP contribution in [0.15, 0.2) is 48.7 Å². The maximum absolute atomic E-state index is 5.93. The third-order valence-corrected chi connectivity index (χ3v) is 5.29. The fraction of sp³-hybridized carbons (Fsp3) is 0.360. The average Bonchev–Trinajstić information content (AvgIpc) is 2.83. The summed E-state index contributed by atoms with van der Waals surface area (Å²) >= 11 is 0. The van der Waals surface area contributed by atoms with Crippen molar-refractivity contribution >= 4 is 0 Å². The van der Waals surface area contributed by atoms with E-state index in [1.54, 1.807) is 13.3 Å². The van der Waals surface area contributed by atoms with Crippen molar-refractivity contribution in [3.05, 3.63) is 65.5 Å². The molecule has 32 heavy (non-hydrogen) atoms. The van der Waals surface area contributed by atoms with Gasteiger partial charge in [0.25, 0.3) is 0 Å². The lowest BCUT2D eigenvalue weighted by Gasteiger charge is -2.23. The van der Waals surface area contributed by atoms with Crippen molar-refractivity contribution in [1.29, 1.82) is 0 Å². The Morgan fingerprint density at radius 2 is 1.97 bits per heavy atom. The van der Waals surface area contributed by atoms with Crippen LogP contribution in [0.4, 0.5) is 0 Å². The molecule has 0 amide bonds. The Kier molecular flexibility index (Phi) is 7.19. The molecule has 3 aromatic rings. The Morgan fingerprint density at radius 1 is 1.06 bits per heavy atom. The van der Waals surface area contributed by atoms with Crippen LogP contribution in [-0.4, -0.2) is 49.6 Å². The number of ether oxygens (including phenoxy) is 5. The van der Waals surface area contributed by atoms with Crippen LogP contribution in [0.2, 0.25) is 0 Å². The van der Waals surface area contributed by atoms with Gasteiger partial charge in [-0.05, 0) is 49.7 Å². The van der Waals surface area contributed by atoms with Crippen LogP contribution in [0, 0.1) is 13.8 Å². The topological polar surface area (TPSA) is 71.9 Å². The molecule has 1 saturated heterocycles. The second kappa shape index (κ2) is 10.4. The van der Waals surface area contributed by atoms with Crippen molar-refractivity contribution < 1.29 is 23.7 Å². The van der Waals surface area contributed by atoms with Gasteiger partial charge in [0.05, 0.1) is 38.3 Å². The largest absolute Gasteiger partial charge is 0.496 e. The minimum absolute atomic E-state index is 0.0985. The first-order chi connectivity index (χ1) is 15.6. The summed E-state index contributed by atoms with van der Waals surface area (Å²) in [5.74, 6) is 2.00. The summed E-state index contributed by atoms with van der Waals surface area (Å²) in [6, 6.07) is 13.6. The van der Waals surface area contributed by atoms with E-state index in [2.05, 4.69) is 4.98 Å². The Hall–Kier alpha value is -3.16. The molecule has 1 fully saturated rings. The van der Waals surface area contributed by atoms with Crippen molar-refractivity contribution in [2.75, 3.05) is 33.5 Å². The maximum atomic E-state index is 5.93. The van der Waals surface area contributed by atoms with Gasteiger partial charge in [-0.3, -0.25) is 4.98 Å². The van der Waals surface area contributed by atoms with Crippen LogP contribution in [-0.2, 0) is 16.1 Å². The summed E-state index contributed by atoms with van der Waals surface area (Å²) in [6.07, 6.45) is 1.66. The molecule has 3 heterocycles. The Balaban J connectivity index is 1.53. The van der Waals surface area contributed by atoms with E-state index in [4.69, 9.17) is 28.7 Å². The van der Waals surface area contributed by atoms with Gasteiger partial charge in [-0.2, -0.15) is 0 Å². The lowest BCUT2D eigenvalue weighted by atomic mass is 10.0. The Labute approximate surface area is 188 Å². The third-order valence-electron chi connectivity index (χ3n) is 5.29. The summed E-state index contributed by atoms with van der Waals surface area (Å²) in [5, 5.41) is 0. The lowest BCUT2D eigenvalue weighted by molar-refractivity contribution is -0.102. The zero-order valence-electron chi connectivity index (χ0n) is 18.7. The minimum atomic E-state index is -0.0985. The molecular weight excluding hydrogens is 408 g/mol. The van der Waals surface area contributed by atoms with Gasteiger partial charge >= 0.3 is 0 Å². The molecule has 2 aromatic heterocycles. The van der Waals surface area contributed by atoms with Crippen LogP contribution in [0.3, 0.4) is 0 Å². The highest BCUT2D eigenvalue weighted by Gasteiger charge is 2.18. The monoisotopic (exact) mass is 436 g/mol. The van der Waals surface area contributed by atoms with Gasteiger partial charge in [0.1, 0.15) is 30.8 Å². The first-order valence-electron chi connectivity index (χ1n) is 10.7. The number of benzene rings is 1. The van der Waals surface area contributed by atoms with E-state index in [0.717, 1.165) is 39.6 Å². The number of hydrogen-bond acceptors (Lipinski definition) is 7. The smallest absolute Gasteiger partial charge is 0.217 e. The summed E-state index contributed by atoms with van der Waals surface area (Å²) in [7, 11) is 1.65. The Morgan fingerprint density at radius 3 is 2.69 bits per heavy atom. The quantitative estimate of drug-likeness (QED) is 0.525. The molecule has 0 unspecified atom stereocenters. The summed E-state index contributed by atoms with van der Waals surface area (Å²) in [6.45, 7) is 6.55. The maximum Gasteiger partial charge on any atom is 0.217 e. The molecular formula is C25H28N2O5. The molecule has 1 atom stereocenters. The van der Waals surface area contributed by atoms with Crippen molar-refractivity contribution in [1.82, 2.24) is 9.97 Å². The van der Waals surface area contributed by atoms with E-state index in [-0.39, 0.29) is 6.10 Å². The molecule has 0 bridgehead atoms. The molecule has 1 aliphatic rings. The number of nitrogens with zero attached hydrogens (tertiary/aromatic N) is 2. The van der Waals surface area contributed by atoms with Gasteiger partial charge in [0.15, 0.2) is 0 Å². The standard InChI is InChI=1S/C25H28N2O5/c1-17-12-20(31-14-19-6-4-5-9-26-19)7-8-22(17)25-18(2)23(28-3)13-24(27-25)32-16-21-15-29-10-11-30-21/h4-9,12-13,21H,10-11,14-16H2,1-3H3/t21-/m1/s1. The molecule has 168 valence electrons. The van der Waals surface area contributed by atoms with E-state index in [1.807, 2.05) is 56.3 Å². The molecule has 7 nitrogen and oxygen atoms in total. The first-order valence-corrected chi connectivity index (χ1v) is 10.7. The Bertz CT molecular complexity index is 1040. The molecule has 0 spiro atoms. The predicted molar refractivity (Wildman–Crippen MR) is 120 cm³/mol. The van der Waals surface area contributed by atoms with Crippen molar-refractivity contribution in [3.63, 3.8) is 0 Å². The van der Waals surface area contributed by atoms with Gasteiger partial charge in [0, 0.05) is 23.4 Å². The number of aryl methyl sites for hydroxylation is 1. The van der Waals surface area contributed by atoms with Gasteiger partial charge < -0.3 is 23.7 Å². The number of methoxy groups -OCH3 is 1. The van der Waals surface area contributed by atoms with Gasteiger partial charge in [0.2, 0.25) is 5.88 Å². The van der Waals surface area contributed by atoms with E-state index in [0.29, 0.717) is 38.9 Å². The average molecular weight is 437 g/mol. The van der Waals surface area contributed by atoms with Crippen LogP contribution in [0.5, 0.6) is 17.4 Å². The molecule has 0 radical (unpaired) electrons. The zero-order valence-corrected chi connectivity index (χ0v) is 18.7. The van der Waals surface area contributed by atoms with Crippen LogP contribution < -0.4 is 14.2 Å².